The third kappa shape index (κ3) is 1.68. The van der Waals surface area contributed by atoms with Crippen LogP contribution in [0.1, 0.15) is 12.8 Å². The van der Waals surface area contributed by atoms with Gasteiger partial charge in [0.15, 0.2) is 5.78 Å². The van der Waals surface area contributed by atoms with Crippen LogP contribution in [-0.2, 0) is 19.2 Å². The van der Waals surface area contributed by atoms with E-state index in [0.29, 0.717) is 0 Å². The number of rotatable bonds is 2. The molecule has 0 saturated carbocycles. The van der Waals surface area contributed by atoms with Gasteiger partial charge in [-0.1, -0.05) is 0 Å². The van der Waals surface area contributed by atoms with Crippen LogP contribution in [0.2, 0.25) is 0 Å². The second-order valence-corrected chi connectivity index (χ2v) is 2.78. The van der Waals surface area contributed by atoms with E-state index in [0.717, 1.165) is 0 Å². The number of carbonyl (C=O) groups is 4. The molecule has 1 rings (SSSR count). The maximum atomic E-state index is 11.0. The summed E-state index contributed by atoms with van der Waals surface area (Å²) >= 11 is 0. The number of hydrogen-bond donors (Lipinski definition) is 2. The van der Waals surface area contributed by atoms with Crippen molar-refractivity contribution in [1.82, 2.24) is 0 Å². The first-order chi connectivity index (χ1) is 6.43. The number of carboxylic acid groups (broad SMARTS) is 2. The van der Waals surface area contributed by atoms with E-state index in [1.807, 2.05) is 0 Å². The molecule has 74 valence electrons. The fourth-order valence-electron chi connectivity index (χ4n) is 1.21. The molecule has 0 fully saturated rings. The van der Waals surface area contributed by atoms with Crippen molar-refractivity contribution >= 4 is 23.5 Å². The van der Waals surface area contributed by atoms with Gasteiger partial charge < -0.3 is 10.2 Å². The van der Waals surface area contributed by atoms with E-state index in [-0.39, 0.29) is 0 Å². The molecule has 0 atom stereocenters. The van der Waals surface area contributed by atoms with Crippen LogP contribution in [-0.4, -0.2) is 33.7 Å². The highest BCUT2D eigenvalue weighted by atomic mass is 16.4. The predicted molar refractivity (Wildman–Crippen MR) is 41.5 cm³/mol. The number of aliphatic carboxylic acids is 2. The Bertz CT molecular complexity index is 375. The molecule has 0 spiro atoms. The zero-order chi connectivity index (χ0) is 10.9. The van der Waals surface area contributed by atoms with Gasteiger partial charge in [0.2, 0.25) is 0 Å². The van der Waals surface area contributed by atoms with E-state index in [2.05, 4.69) is 0 Å². The number of carboxylic acids is 2. The number of ketones is 2. The minimum absolute atomic E-state index is 0.497. The third-order valence-corrected chi connectivity index (χ3v) is 1.78. The molecular formula is C8H6O6. The smallest absolute Gasteiger partial charge is 0.339 e. The summed E-state index contributed by atoms with van der Waals surface area (Å²) in [6.45, 7) is 0. The first-order valence-corrected chi connectivity index (χ1v) is 3.68. The van der Waals surface area contributed by atoms with Gasteiger partial charge in [0.05, 0.1) is 12.0 Å². The van der Waals surface area contributed by atoms with Crippen LogP contribution in [0.15, 0.2) is 11.1 Å². The zero-order valence-electron chi connectivity index (χ0n) is 6.94. The van der Waals surface area contributed by atoms with Crippen LogP contribution >= 0.6 is 0 Å². The average Bonchev–Trinajstić information content (AvgIpc) is 2.01. The quantitative estimate of drug-likeness (QED) is 0.452. The van der Waals surface area contributed by atoms with Crippen molar-refractivity contribution in [2.45, 2.75) is 12.8 Å². The maximum absolute atomic E-state index is 11.0. The lowest BCUT2D eigenvalue weighted by Gasteiger charge is -2.11. The first kappa shape index (κ1) is 10.1. The molecule has 0 aromatic heterocycles. The fourth-order valence-corrected chi connectivity index (χ4v) is 1.21. The van der Waals surface area contributed by atoms with E-state index < -0.39 is 47.5 Å². The molecule has 0 aromatic rings. The van der Waals surface area contributed by atoms with E-state index in [1.54, 1.807) is 0 Å². The van der Waals surface area contributed by atoms with Crippen LogP contribution in [0.5, 0.6) is 0 Å². The van der Waals surface area contributed by atoms with Gasteiger partial charge in [-0.2, -0.15) is 0 Å². The van der Waals surface area contributed by atoms with Crippen molar-refractivity contribution in [1.29, 1.82) is 0 Å². The Balaban J connectivity index is 3.29. The summed E-state index contributed by atoms with van der Waals surface area (Å²) in [5.74, 6) is -4.65. The Morgan fingerprint density at radius 1 is 1.00 bits per heavy atom. The molecule has 0 bridgehead atoms. The van der Waals surface area contributed by atoms with Gasteiger partial charge in [0.1, 0.15) is 11.4 Å². The van der Waals surface area contributed by atoms with Gasteiger partial charge in [-0.3, -0.25) is 9.59 Å². The molecule has 0 aromatic carbocycles. The van der Waals surface area contributed by atoms with Crippen molar-refractivity contribution in [2.24, 2.45) is 0 Å². The van der Waals surface area contributed by atoms with Gasteiger partial charge >= 0.3 is 11.9 Å². The largest absolute Gasteiger partial charge is 0.478 e. The van der Waals surface area contributed by atoms with Gasteiger partial charge in [-0.05, 0) is 0 Å². The van der Waals surface area contributed by atoms with Gasteiger partial charge in [0, 0.05) is 6.42 Å². The monoisotopic (exact) mass is 198 g/mol. The lowest BCUT2D eigenvalue weighted by Crippen LogP contribution is -2.27. The Morgan fingerprint density at radius 3 is 2.00 bits per heavy atom. The molecule has 6 nitrogen and oxygen atoms in total. The Morgan fingerprint density at radius 2 is 1.57 bits per heavy atom. The average molecular weight is 198 g/mol. The van der Waals surface area contributed by atoms with E-state index in [4.69, 9.17) is 10.2 Å². The van der Waals surface area contributed by atoms with Crippen LogP contribution in [0.4, 0.5) is 0 Å². The molecule has 2 N–H and O–H groups in total. The highest BCUT2D eigenvalue weighted by molar-refractivity contribution is 6.27. The van der Waals surface area contributed by atoms with E-state index >= 15 is 0 Å². The summed E-state index contributed by atoms with van der Waals surface area (Å²) in [7, 11) is 0. The fraction of sp³-hybridized carbons (Fsp3) is 0.250. The second-order valence-electron chi connectivity index (χ2n) is 2.78. The number of carbonyl (C=O) groups excluding carboxylic acids is 2. The molecule has 0 amide bonds. The molecule has 1 aliphatic rings. The van der Waals surface area contributed by atoms with Gasteiger partial charge in [-0.25, -0.2) is 9.59 Å². The molecule has 0 unspecified atom stereocenters. The summed E-state index contributed by atoms with van der Waals surface area (Å²) in [4.78, 5) is 43.0. The summed E-state index contributed by atoms with van der Waals surface area (Å²) in [6, 6.07) is 0. The second kappa shape index (κ2) is 3.41. The lowest BCUT2D eigenvalue weighted by molar-refractivity contribution is -0.139. The van der Waals surface area contributed by atoms with Gasteiger partial charge in [-0.15, -0.1) is 0 Å². The minimum atomic E-state index is -1.60. The number of Topliss-reactive ketones (excluding diaryl/α,β-unsaturated/α-hetero) is 2. The Labute approximate surface area is 77.8 Å². The highest BCUT2D eigenvalue weighted by Crippen LogP contribution is 2.20. The summed E-state index contributed by atoms with van der Waals surface area (Å²) in [6.07, 6.45) is -1.03. The van der Waals surface area contributed by atoms with Crippen molar-refractivity contribution in [3.63, 3.8) is 0 Å². The van der Waals surface area contributed by atoms with Gasteiger partial charge in [0.25, 0.3) is 0 Å². The SMILES string of the molecule is O=C1CC(=O)C(C(=O)O)=C(C(=O)O)C1. The van der Waals surface area contributed by atoms with Crippen LogP contribution in [0.3, 0.4) is 0 Å². The first-order valence-electron chi connectivity index (χ1n) is 3.68. The van der Waals surface area contributed by atoms with Crippen LogP contribution in [0, 0.1) is 0 Å². The predicted octanol–water partition coefficient (Wildman–Crippen LogP) is -0.616. The molecule has 14 heavy (non-hydrogen) atoms. The summed E-state index contributed by atoms with van der Waals surface area (Å²) in [5, 5.41) is 17.1. The minimum Gasteiger partial charge on any atom is -0.478 e. The normalized spacial score (nSPS) is 17.1. The zero-order valence-corrected chi connectivity index (χ0v) is 6.94. The Hall–Kier alpha value is -1.98. The molecule has 0 radical (unpaired) electrons. The molecule has 0 aliphatic heterocycles. The lowest BCUT2D eigenvalue weighted by atomic mass is 9.90. The topological polar surface area (TPSA) is 109 Å². The van der Waals surface area contributed by atoms with Crippen molar-refractivity contribution in [3.8, 4) is 0 Å². The van der Waals surface area contributed by atoms with E-state index in [1.165, 1.54) is 0 Å². The number of hydrogen-bond acceptors (Lipinski definition) is 4. The molecular weight excluding hydrogens is 192 g/mol. The van der Waals surface area contributed by atoms with Crippen molar-refractivity contribution in [2.75, 3.05) is 0 Å². The van der Waals surface area contributed by atoms with E-state index in [9.17, 15) is 19.2 Å². The standard InChI is InChI=1S/C8H6O6/c9-3-1-4(7(11)12)6(8(13)14)5(10)2-3/h1-2H2,(H,11,12)(H,13,14). The van der Waals surface area contributed by atoms with Crippen LogP contribution < -0.4 is 0 Å². The Kier molecular flexibility index (Phi) is 2.46. The molecule has 1 aliphatic carbocycles. The highest BCUT2D eigenvalue weighted by Gasteiger charge is 2.33. The van der Waals surface area contributed by atoms with Crippen molar-refractivity contribution in [3.05, 3.63) is 11.1 Å². The van der Waals surface area contributed by atoms with Crippen LogP contribution in [0.25, 0.3) is 0 Å². The summed E-state index contributed by atoms with van der Waals surface area (Å²) in [5.41, 5.74) is -1.41. The molecule has 0 heterocycles. The third-order valence-electron chi connectivity index (χ3n) is 1.78. The summed E-state index contributed by atoms with van der Waals surface area (Å²) < 4.78 is 0. The maximum Gasteiger partial charge on any atom is 0.339 e. The molecule has 6 heteroatoms. The molecule has 0 saturated heterocycles. The van der Waals surface area contributed by atoms with Crippen molar-refractivity contribution < 1.29 is 29.4 Å².